The van der Waals surface area contributed by atoms with Gasteiger partial charge in [-0.1, -0.05) is 31.5 Å². The van der Waals surface area contributed by atoms with Crippen molar-refractivity contribution in [3.8, 4) is 16.9 Å². The van der Waals surface area contributed by atoms with Crippen molar-refractivity contribution in [3.63, 3.8) is 0 Å². The van der Waals surface area contributed by atoms with Gasteiger partial charge in [-0.15, -0.1) is 0 Å². The van der Waals surface area contributed by atoms with Crippen LogP contribution in [0.2, 0.25) is 0 Å². The van der Waals surface area contributed by atoms with E-state index in [1.54, 1.807) is 18.2 Å². The highest BCUT2D eigenvalue weighted by atomic mass is 19.1. The quantitative estimate of drug-likeness (QED) is 0.502. The summed E-state index contributed by atoms with van der Waals surface area (Å²) >= 11 is 0. The van der Waals surface area contributed by atoms with Crippen LogP contribution in [0.4, 0.5) is 13.2 Å². The van der Waals surface area contributed by atoms with E-state index in [4.69, 9.17) is 0 Å². The van der Waals surface area contributed by atoms with Crippen molar-refractivity contribution >= 4 is 10.8 Å². The van der Waals surface area contributed by atoms with E-state index in [2.05, 4.69) is 6.92 Å². The molecule has 4 rings (SSSR count). The van der Waals surface area contributed by atoms with E-state index in [0.717, 1.165) is 30.4 Å². The second-order valence-corrected chi connectivity index (χ2v) is 7.82. The Morgan fingerprint density at radius 1 is 0.893 bits per heavy atom. The minimum Gasteiger partial charge on any atom is -0.505 e. The lowest BCUT2D eigenvalue weighted by Gasteiger charge is -2.28. The number of hydrogen-bond acceptors (Lipinski definition) is 1. The van der Waals surface area contributed by atoms with Crippen LogP contribution in [0.15, 0.2) is 42.5 Å². The zero-order valence-corrected chi connectivity index (χ0v) is 15.8. The molecule has 1 aliphatic rings. The standard InChI is InChI=1S/C24H23F3O/c1-2-14-3-5-15(6-4-14)16-7-9-19(20(25)12-16)18-11-17-8-10-22(28)24(27)23(17)21(26)13-18/h7-15,28H,2-6H2,1H3. The highest BCUT2D eigenvalue weighted by Gasteiger charge is 2.22. The van der Waals surface area contributed by atoms with Gasteiger partial charge in [-0.3, -0.25) is 0 Å². The summed E-state index contributed by atoms with van der Waals surface area (Å²) in [6.07, 6.45) is 5.71. The number of fused-ring (bicyclic) bond motifs is 1. The largest absolute Gasteiger partial charge is 0.505 e. The molecule has 1 saturated carbocycles. The summed E-state index contributed by atoms with van der Waals surface area (Å²) in [4.78, 5) is 0. The van der Waals surface area contributed by atoms with E-state index in [9.17, 15) is 18.3 Å². The van der Waals surface area contributed by atoms with E-state index < -0.39 is 23.2 Å². The van der Waals surface area contributed by atoms with Crippen LogP contribution in [0.25, 0.3) is 21.9 Å². The number of hydrogen-bond donors (Lipinski definition) is 1. The van der Waals surface area contributed by atoms with Crippen LogP contribution in [0.5, 0.6) is 5.75 Å². The number of benzene rings is 3. The van der Waals surface area contributed by atoms with Crippen molar-refractivity contribution in [3.05, 3.63) is 65.5 Å². The van der Waals surface area contributed by atoms with Crippen molar-refractivity contribution in [1.29, 1.82) is 0 Å². The summed E-state index contributed by atoms with van der Waals surface area (Å²) in [5.41, 5.74) is 1.64. The van der Waals surface area contributed by atoms with Crippen LogP contribution >= 0.6 is 0 Å². The van der Waals surface area contributed by atoms with Gasteiger partial charge in [0.2, 0.25) is 0 Å². The van der Waals surface area contributed by atoms with Gasteiger partial charge in [0.05, 0.1) is 5.39 Å². The van der Waals surface area contributed by atoms with Crippen LogP contribution in [0, 0.1) is 23.4 Å². The van der Waals surface area contributed by atoms with Crippen molar-refractivity contribution in [1.82, 2.24) is 0 Å². The summed E-state index contributed by atoms with van der Waals surface area (Å²) in [6, 6.07) is 10.4. The molecule has 28 heavy (non-hydrogen) atoms. The monoisotopic (exact) mass is 384 g/mol. The van der Waals surface area contributed by atoms with Gasteiger partial charge in [0.15, 0.2) is 11.6 Å². The minimum atomic E-state index is -1.000. The lowest BCUT2D eigenvalue weighted by molar-refractivity contribution is 0.318. The van der Waals surface area contributed by atoms with Crippen LogP contribution in [0.1, 0.15) is 50.5 Å². The first-order chi connectivity index (χ1) is 13.5. The van der Waals surface area contributed by atoms with Crippen molar-refractivity contribution in [2.24, 2.45) is 5.92 Å². The Kier molecular flexibility index (Phi) is 5.05. The Balaban J connectivity index is 1.67. The Morgan fingerprint density at radius 2 is 1.64 bits per heavy atom. The van der Waals surface area contributed by atoms with Gasteiger partial charge in [-0.25, -0.2) is 13.2 Å². The van der Waals surface area contributed by atoms with Gasteiger partial charge in [0.25, 0.3) is 0 Å². The molecule has 1 N–H and O–H groups in total. The van der Waals surface area contributed by atoms with Crippen LogP contribution in [-0.2, 0) is 0 Å². The molecule has 0 amide bonds. The van der Waals surface area contributed by atoms with E-state index in [1.807, 2.05) is 6.07 Å². The lowest BCUT2D eigenvalue weighted by atomic mass is 9.77. The molecule has 146 valence electrons. The zero-order valence-electron chi connectivity index (χ0n) is 15.8. The Hall–Kier alpha value is -2.49. The summed E-state index contributed by atoms with van der Waals surface area (Å²) in [5.74, 6) is -1.67. The topological polar surface area (TPSA) is 20.2 Å². The third-order valence-corrected chi connectivity index (χ3v) is 6.19. The second-order valence-electron chi connectivity index (χ2n) is 7.82. The van der Waals surface area contributed by atoms with Gasteiger partial charge in [0, 0.05) is 5.56 Å². The summed E-state index contributed by atoms with van der Waals surface area (Å²) in [5, 5.41) is 9.46. The lowest BCUT2D eigenvalue weighted by Crippen LogP contribution is -2.12. The molecule has 1 fully saturated rings. The summed E-state index contributed by atoms with van der Waals surface area (Å²) < 4.78 is 43.4. The summed E-state index contributed by atoms with van der Waals surface area (Å²) in [7, 11) is 0. The zero-order chi connectivity index (χ0) is 19.8. The fourth-order valence-corrected chi connectivity index (χ4v) is 4.44. The molecule has 0 atom stereocenters. The molecule has 0 unspecified atom stereocenters. The number of halogens is 3. The second kappa shape index (κ2) is 7.50. The molecule has 3 aromatic rings. The van der Waals surface area contributed by atoms with Gasteiger partial charge in [-0.05, 0) is 78.3 Å². The fraction of sp³-hybridized carbons (Fsp3) is 0.333. The molecule has 1 aliphatic carbocycles. The molecule has 0 saturated heterocycles. The Labute approximate surface area is 162 Å². The van der Waals surface area contributed by atoms with Crippen molar-refractivity contribution in [2.75, 3.05) is 0 Å². The highest BCUT2D eigenvalue weighted by molar-refractivity contribution is 5.89. The molecular formula is C24H23F3O. The molecule has 0 radical (unpaired) electrons. The third kappa shape index (κ3) is 3.36. The number of phenolic OH excluding ortho intramolecular Hbond substituents is 1. The number of phenols is 1. The maximum Gasteiger partial charge on any atom is 0.175 e. The van der Waals surface area contributed by atoms with Gasteiger partial charge < -0.3 is 5.11 Å². The van der Waals surface area contributed by atoms with E-state index in [1.165, 1.54) is 31.4 Å². The first-order valence-corrected chi connectivity index (χ1v) is 9.88. The molecule has 0 aromatic heterocycles. The molecule has 3 aromatic carbocycles. The van der Waals surface area contributed by atoms with E-state index in [0.29, 0.717) is 17.0 Å². The first-order valence-electron chi connectivity index (χ1n) is 9.88. The number of aromatic hydroxyl groups is 1. The molecular weight excluding hydrogens is 361 g/mol. The molecule has 0 bridgehead atoms. The van der Waals surface area contributed by atoms with Gasteiger partial charge in [-0.2, -0.15) is 0 Å². The average Bonchev–Trinajstić information content (AvgIpc) is 2.70. The first kappa shape index (κ1) is 18.9. The molecule has 4 heteroatoms. The van der Waals surface area contributed by atoms with Gasteiger partial charge in [0.1, 0.15) is 11.6 Å². The van der Waals surface area contributed by atoms with E-state index >= 15 is 0 Å². The van der Waals surface area contributed by atoms with Crippen molar-refractivity contribution in [2.45, 2.75) is 44.9 Å². The molecule has 0 spiro atoms. The normalized spacial score (nSPS) is 19.9. The smallest absolute Gasteiger partial charge is 0.175 e. The van der Waals surface area contributed by atoms with Crippen LogP contribution in [-0.4, -0.2) is 5.11 Å². The predicted octanol–water partition coefficient (Wildman–Crippen LogP) is 7.31. The average molecular weight is 384 g/mol. The van der Waals surface area contributed by atoms with Crippen molar-refractivity contribution < 1.29 is 18.3 Å². The van der Waals surface area contributed by atoms with E-state index in [-0.39, 0.29) is 10.8 Å². The maximum atomic E-state index is 14.9. The Bertz CT molecular complexity index is 1020. The molecule has 1 nitrogen and oxygen atoms in total. The third-order valence-electron chi connectivity index (χ3n) is 6.19. The van der Waals surface area contributed by atoms with Crippen LogP contribution in [0.3, 0.4) is 0 Å². The Morgan fingerprint density at radius 3 is 2.32 bits per heavy atom. The fourth-order valence-electron chi connectivity index (χ4n) is 4.44. The molecule has 0 aliphatic heterocycles. The molecule has 0 heterocycles. The minimum absolute atomic E-state index is 0.284. The van der Waals surface area contributed by atoms with Gasteiger partial charge >= 0.3 is 0 Å². The van der Waals surface area contributed by atoms with Crippen LogP contribution < -0.4 is 0 Å². The summed E-state index contributed by atoms with van der Waals surface area (Å²) in [6.45, 7) is 2.22. The highest BCUT2D eigenvalue weighted by Crippen LogP contribution is 2.39. The maximum absolute atomic E-state index is 14.9. The predicted molar refractivity (Wildman–Crippen MR) is 106 cm³/mol. The number of rotatable bonds is 3. The SMILES string of the molecule is CCC1CCC(c2ccc(-c3cc(F)c4c(F)c(O)ccc4c3)c(F)c2)CC1.